The van der Waals surface area contributed by atoms with E-state index in [1.165, 1.54) is 0 Å². The Kier molecular flexibility index (Phi) is 5.65. The molecule has 184 valence electrons. The Morgan fingerprint density at radius 1 is 0.784 bits per heavy atom. The summed E-state index contributed by atoms with van der Waals surface area (Å²) in [5.41, 5.74) is 5.23. The minimum Gasteiger partial charge on any atom is -0.494 e. The zero-order valence-corrected chi connectivity index (χ0v) is 20.8. The molecule has 9 heteroatoms. The van der Waals surface area contributed by atoms with Gasteiger partial charge >= 0.3 is 0 Å². The summed E-state index contributed by atoms with van der Waals surface area (Å²) in [7, 11) is 1.99. The van der Waals surface area contributed by atoms with E-state index in [2.05, 4.69) is 10.6 Å². The summed E-state index contributed by atoms with van der Waals surface area (Å²) >= 11 is 0. The molecule has 0 aliphatic rings. The average Bonchev–Trinajstić information content (AvgIpc) is 3.44. The van der Waals surface area contributed by atoms with E-state index >= 15 is 0 Å². The van der Waals surface area contributed by atoms with Crippen molar-refractivity contribution >= 4 is 45.2 Å². The second-order valence-electron chi connectivity index (χ2n) is 8.66. The summed E-state index contributed by atoms with van der Waals surface area (Å²) in [6.07, 6.45) is 0. The van der Waals surface area contributed by atoms with E-state index < -0.39 is 0 Å². The molecule has 9 nitrogen and oxygen atoms in total. The predicted molar refractivity (Wildman–Crippen MR) is 146 cm³/mol. The first-order valence-electron chi connectivity index (χ1n) is 12.1. The van der Waals surface area contributed by atoms with Crippen LogP contribution in [-0.2, 0) is 7.05 Å². The number of imidazole rings is 1. The Bertz CT molecular complexity index is 1720. The number of nitrogens with zero attached hydrogens (tertiary/aromatic N) is 6. The van der Waals surface area contributed by atoms with Crippen LogP contribution in [-0.4, -0.2) is 35.9 Å². The van der Waals surface area contributed by atoms with Gasteiger partial charge in [0.15, 0.2) is 11.6 Å². The molecule has 3 aromatic carbocycles. The minimum atomic E-state index is 0.576. The Balaban J connectivity index is 1.42. The average molecular weight is 491 g/mol. The van der Waals surface area contributed by atoms with Crippen LogP contribution < -0.4 is 15.4 Å². The van der Waals surface area contributed by atoms with Gasteiger partial charge in [0.05, 0.1) is 34.4 Å². The van der Waals surface area contributed by atoms with E-state index in [-0.39, 0.29) is 0 Å². The molecule has 0 unspecified atom stereocenters. The van der Waals surface area contributed by atoms with Crippen molar-refractivity contribution in [2.24, 2.45) is 7.05 Å². The van der Waals surface area contributed by atoms with Gasteiger partial charge in [0.2, 0.25) is 5.95 Å². The zero-order valence-electron chi connectivity index (χ0n) is 20.8. The number of aromatic nitrogens is 6. The highest BCUT2D eigenvalue weighted by atomic mass is 16.5. The first kappa shape index (κ1) is 22.5. The maximum Gasteiger partial charge on any atom is 0.233 e. The van der Waals surface area contributed by atoms with Crippen LogP contribution in [0.2, 0.25) is 0 Å². The molecular formula is C28H26N8O. The van der Waals surface area contributed by atoms with Crippen molar-refractivity contribution in [3.05, 3.63) is 84.6 Å². The number of hydrogen-bond acceptors (Lipinski definition) is 7. The molecule has 0 radical (unpaired) electrons. The summed E-state index contributed by atoms with van der Waals surface area (Å²) in [6.45, 7) is 4.54. The molecule has 3 heterocycles. The molecule has 6 aromatic rings. The van der Waals surface area contributed by atoms with E-state index in [9.17, 15) is 0 Å². The van der Waals surface area contributed by atoms with Crippen LogP contribution in [0.4, 0.5) is 23.1 Å². The molecule has 0 spiro atoms. The van der Waals surface area contributed by atoms with Gasteiger partial charge in [0, 0.05) is 18.8 Å². The quantitative estimate of drug-likeness (QED) is 0.288. The van der Waals surface area contributed by atoms with Crippen molar-refractivity contribution in [1.82, 2.24) is 29.3 Å². The Morgan fingerprint density at radius 3 is 2.11 bits per heavy atom. The maximum absolute atomic E-state index is 5.57. The number of nitrogens with one attached hydrogen (secondary N) is 2. The standard InChI is InChI=1S/C28H26N8O/c1-4-37-20-15-13-19(14-16-20)29-26-27(31-22-10-6-5-9-21(22)30-26)33-25-17-18(2)34-36(25)28-32-23-11-7-8-12-24(23)35(28)3/h5-17H,4H2,1-3H3,(H,29,30)(H,31,33). The lowest BCUT2D eigenvalue weighted by Crippen LogP contribution is -2.10. The molecule has 0 atom stereocenters. The zero-order chi connectivity index (χ0) is 25.4. The molecule has 0 saturated heterocycles. The van der Waals surface area contributed by atoms with Crippen LogP contribution in [0.3, 0.4) is 0 Å². The van der Waals surface area contributed by atoms with Crippen molar-refractivity contribution in [1.29, 1.82) is 0 Å². The monoisotopic (exact) mass is 490 g/mol. The number of rotatable bonds is 7. The molecular weight excluding hydrogens is 464 g/mol. The molecule has 2 N–H and O–H groups in total. The van der Waals surface area contributed by atoms with Crippen LogP contribution in [0.1, 0.15) is 12.6 Å². The number of fused-ring (bicyclic) bond motifs is 2. The summed E-state index contributed by atoms with van der Waals surface area (Å²) in [4.78, 5) is 14.6. The molecule has 0 saturated carbocycles. The largest absolute Gasteiger partial charge is 0.494 e. The summed E-state index contributed by atoms with van der Waals surface area (Å²) in [5, 5.41) is 11.6. The van der Waals surface area contributed by atoms with Gasteiger partial charge in [-0.2, -0.15) is 9.78 Å². The van der Waals surface area contributed by atoms with Gasteiger partial charge in [-0.3, -0.25) is 0 Å². The number of ether oxygens (including phenoxy) is 1. The SMILES string of the molecule is CCOc1ccc(Nc2nc3ccccc3nc2Nc2cc(C)nn2-c2nc3ccccc3n2C)cc1. The number of hydrogen-bond donors (Lipinski definition) is 2. The predicted octanol–water partition coefficient (Wildman–Crippen LogP) is 5.90. The second kappa shape index (κ2) is 9.27. The number of benzene rings is 3. The lowest BCUT2D eigenvalue weighted by molar-refractivity contribution is 0.340. The number of anilines is 4. The van der Waals surface area contributed by atoms with Gasteiger partial charge in [0.1, 0.15) is 11.6 Å². The summed E-state index contributed by atoms with van der Waals surface area (Å²) in [6, 6.07) is 25.6. The second-order valence-corrected chi connectivity index (χ2v) is 8.66. The van der Waals surface area contributed by atoms with Crippen LogP contribution in [0.25, 0.3) is 28.0 Å². The Labute approximate surface area is 213 Å². The molecule has 3 aromatic heterocycles. The van der Waals surface area contributed by atoms with Crippen LogP contribution in [0, 0.1) is 6.92 Å². The van der Waals surface area contributed by atoms with E-state index in [1.54, 1.807) is 4.68 Å². The van der Waals surface area contributed by atoms with Gasteiger partial charge in [-0.15, -0.1) is 0 Å². The molecule has 0 amide bonds. The molecule has 0 fully saturated rings. The number of para-hydroxylation sites is 4. The highest BCUT2D eigenvalue weighted by Gasteiger charge is 2.18. The fourth-order valence-corrected chi connectivity index (χ4v) is 4.30. The Hall–Kier alpha value is -4.92. The topological polar surface area (TPSA) is 94.7 Å². The van der Waals surface area contributed by atoms with Gasteiger partial charge < -0.3 is 19.9 Å². The maximum atomic E-state index is 5.57. The molecule has 0 bridgehead atoms. The first-order valence-corrected chi connectivity index (χ1v) is 12.1. The smallest absolute Gasteiger partial charge is 0.233 e. The highest BCUT2D eigenvalue weighted by Crippen LogP contribution is 2.30. The van der Waals surface area contributed by atoms with Gasteiger partial charge in [-0.25, -0.2) is 15.0 Å². The molecule has 0 aliphatic heterocycles. The van der Waals surface area contributed by atoms with E-state index in [0.29, 0.717) is 24.2 Å². The first-order chi connectivity index (χ1) is 18.1. The van der Waals surface area contributed by atoms with E-state index in [0.717, 1.165) is 45.0 Å². The lowest BCUT2D eigenvalue weighted by Gasteiger charge is -2.14. The lowest BCUT2D eigenvalue weighted by atomic mass is 10.3. The van der Waals surface area contributed by atoms with Gasteiger partial charge in [-0.1, -0.05) is 24.3 Å². The van der Waals surface area contributed by atoms with Gasteiger partial charge in [-0.05, 0) is 62.4 Å². The molecule has 6 rings (SSSR count). The fourth-order valence-electron chi connectivity index (χ4n) is 4.30. The highest BCUT2D eigenvalue weighted by molar-refractivity contribution is 5.83. The minimum absolute atomic E-state index is 0.576. The van der Waals surface area contributed by atoms with Crippen LogP contribution in [0.15, 0.2) is 78.9 Å². The van der Waals surface area contributed by atoms with E-state index in [1.807, 2.05) is 104 Å². The third kappa shape index (κ3) is 4.31. The molecule has 0 aliphatic carbocycles. The third-order valence-electron chi connectivity index (χ3n) is 6.03. The van der Waals surface area contributed by atoms with Crippen molar-refractivity contribution in [3.63, 3.8) is 0 Å². The van der Waals surface area contributed by atoms with Crippen LogP contribution in [0.5, 0.6) is 5.75 Å². The fraction of sp³-hybridized carbons (Fsp3) is 0.143. The Morgan fingerprint density at radius 2 is 1.43 bits per heavy atom. The number of aryl methyl sites for hydroxylation is 2. The van der Waals surface area contributed by atoms with Crippen molar-refractivity contribution in [3.8, 4) is 11.7 Å². The summed E-state index contributed by atoms with van der Waals surface area (Å²) in [5.74, 6) is 3.42. The van der Waals surface area contributed by atoms with Gasteiger partial charge in [0.25, 0.3) is 0 Å². The third-order valence-corrected chi connectivity index (χ3v) is 6.03. The summed E-state index contributed by atoms with van der Waals surface area (Å²) < 4.78 is 9.40. The van der Waals surface area contributed by atoms with Crippen LogP contribution >= 0.6 is 0 Å². The molecule has 37 heavy (non-hydrogen) atoms. The van der Waals surface area contributed by atoms with Crippen molar-refractivity contribution in [2.45, 2.75) is 13.8 Å². The van der Waals surface area contributed by atoms with E-state index in [4.69, 9.17) is 24.8 Å². The van der Waals surface area contributed by atoms with Crippen molar-refractivity contribution in [2.75, 3.05) is 17.2 Å². The normalized spacial score (nSPS) is 11.2. The van der Waals surface area contributed by atoms with Crippen molar-refractivity contribution < 1.29 is 4.74 Å².